The van der Waals surface area contributed by atoms with Gasteiger partial charge in [-0.3, -0.25) is 4.79 Å². The molecule has 1 fully saturated rings. The average molecular weight is 364 g/mol. The van der Waals surface area contributed by atoms with E-state index in [1.165, 1.54) is 6.26 Å². The second-order valence-corrected chi connectivity index (χ2v) is 6.53. The Morgan fingerprint density at radius 3 is 2.74 bits per heavy atom. The Kier molecular flexibility index (Phi) is 4.58. The second kappa shape index (κ2) is 7.19. The van der Waals surface area contributed by atoms with Crippen molar-refractivity contribution in [2.75, 3.05) is 6.54 Å². The monoisotopic (exact) mass is 364 g/mol. The lowest BCUT2D eigenvalue weighted by Crippen LogP contribution is -2.31. The number of oxazole rings is 1. The molecular formula is C20H20N4O3. The van der Waals surface area contributed by atoms with Gasteiger partial charge in [0.05, 0.1) is 6.04 Å². The summed E-state index contributed by atoms with van der Waals surface area (Å²) in [5.74, 6) is 2.08. The number of likely N-dealkylation sites (tertiary alicyclic amines) is 1. The zero-order chi connectivity index (χ0) is 18.8. The third kappa shape index (κ3) is 3.67. The van der Waals surface area contributed by atoms with Crippen LogP contribution in [0, 0.1) is 13.8 Å². The third-order valence-electron chi connectivity index (χ3n) is 4.46. The molecule has 27 heavy (non-hydrogen) atoms. The zero-order valence-electron chi connectivity index (χ0n) is 15.3. The molecule has 3 heterocycles. The Labute approximate surface area is 157 Å². The highest BCUT2D eigenvalue weighted by atomic mass is 16.5. The zero-order valence-corrected chi connectivity index (χ0v) is 15.3. The van der Waals surface area contributed by atoms with Crippen LogP contribution in [0.3, 0.4) is 0 Å². The van der Waals surface area contributed by atoms with Crippen LogP contribution in [0.1, 0.15) is 46.8 Å². The van der Waals surface area contributed by atoms with Crippen LogP contribution in [0.15, 0.2) is 47.1 Å². The summed E-state index contributed by atoms with van der Waals surface area (Å²) in [5, 5.41) is 0. The van der Waals surface area contributed by atoms with Crippen molar-refractivity contribution in [3.8, 4) is 11.6 Å². The van der Waals surface area contributed by atoms with Crippen molar-refractivity contribution in [1.29, 1.82) is 0 Å². The maximum atomic E-state index is 12.8. The number of ether oxygens (including phenoxy) is 1. The van der Waals surface area contributed by atoms with Crippen LogP contribution in [-0.4, -0.2) is 32.3 Å². The first-order chi connectivity index (χ1) is 13.1. The molecule has 138 valence electrons. The summed E-state index contributed by atoms with van der Waals surface area (Å²) in [6.07, 6.45) is 3.09. The summed E-state index contributed by atoms with van der Waals surface area (Å²) in [7, 11) is 0. The number of aromatic nitrogens is 3. The molecule has 0 saturated carbocycles. The molecule has 1 aliphatic heterocycles. The summed E-state index contributed by atoms with van der Waals surface area (Å²) < 4.78 is 11.0. The van der Waals surface area contributed by atoms with Gasteiger partial charge in [-0.2, -0.15) is 4.98 Å². The van der Waals surface area contributed by atoms with Crippen LogP contribution in [0.2, 0.25) is 0 Å². The number of benzene rings is 1. The van der Waals surface area contributed by atoms with Crippen LogP contribution >= 0.6 is 0 Å². The summed E-state index contributed by atoms with van der Waals surface area (Å²) in [5.41, 5.74) is 1.11. The average Bonchev–Trinajstić information content (AvgIpc) is 3.30. The first-order valence-corrected chi connectivity index (χ1v) is 8.92. The molecule has 2 aromatic heterocycles. The molecule has 4 rings (SSSR count). The van der Waals surface area contributed by atoms with Crippen molar-refractivity contribution in [3.05, 3.63) is 65.8 Å². The molecule has 1 saturated heterocycles. The maximum Gasteiger partial charge on any atom is 0.276 e. The smallest absolute Gasteiger partial charge is 0.276 e. The van der Waals surface area contributed by atoms with Gasteiger partial charge in [0.25, 0.3) is 5.91 Å². The quantitative estimate of drug-likeness (QED) is 0.699. The highest BCUT2D eigenvalue weighted by molar-refractivity contribution is 5.92. The molecule has 0 N–H and O–H groups in total. The van der Waals surface area contributed by atoms with Gasteiger partial charge in [-0.15, -0.1) is 0 Å². The number of nitrogens with zero attached hydrogens (tertiary/aromatic N) is 4. The van der Waals surface area contributed by atoms with Crippen molar-refractivity contribution < 1.29 is 13.9 Å². The second-order valence-electron chi connectivity index (χ2n) is 6.53. The van der Waals surface area contributed by atoms with Gasteiger partial charge in [0.1, 0.15) is 12.0 Å². The molecular weight excluding hydrogens is 344 g/mol. The number of carbonyl (C=O) groups is 1. The van der Waals surface area contributed by atoms with Gasteiger partial charge in [-0.1, -0.05) is 18.2 Å². The number of aryl methyl sites for hydroxylation is 2. The van der Waals surface area contributed by atoms with E-state index in [4.69, 9.17) is 9.15 Å². The van der Waals surface area contributed by atoms with Crippen molar-refractivity contribution in [2.24, 2.45) is 0 Å². The van der Waals surface area contributed by atoms with Crippen molar-refractivity contribution in [2.45, 2.75) is 32.7 Å². The third-order valence-corrected chi connectivity index (χ3v) is 4.46. The SMILES string of the molecule is Cc1cc(Oc2ccccc2)nc(C2CCCN2C(=O)c2coc(C)n2)n1. The molecule has 1 aliphatic rings. The van der Waals surface area contributed by atoms with Gasteiger partial charge in [-0.05, 0) is 31.9 Å². The minimum atomic E-state index is -0.201. The number of rotatable bonds is 4. The Balaban J connectivity index is 1.60. The van der Waals surface area contributed by atoms with Gasteiger partial charge in [-0.25, -0.2) is 9.97 Å². The van der Waals surface area contributed by atoms with Crippen LogP contribution in [0.25, 0.3) is 0 Å². The molecule has 0 spiro atoms. The maximum absolute atomic E-state index is 12.8. The van der Waals surface area contributed by atoms with E-state index >= 15 is 0 Å². The predicted molar refractivity (Wildman–Crippen MR) is 97.5 cm³/mol. The molecule has 0 aliphatic carbocycles. The number of hydrogen-bond acceptors (Lipinski definition) is 6. The summed E-state index contributed by atoms with van der Waals surface area (Å²) >= 11 is 0. The molecule has 3 aromatic rings. The van der Waals surface area contributed by atoms with Crippen LogP contribution in [-0.2, 0) is 0 Å². The predicted octanol–water partition coefficient (Wildman–Crippen LogP) is 3.85. The number of para-hydroxylation sites is 1. The minimum Gasteiger partial charge on any atom is -0.448 e. The van der Waals surface area contributed by atoms with E-state index in [9.17, 15) is 4.79 Å². The number of hydrogen-bond donors (Lipinski definition) is 0. The molecule has 1 unspecified atom stereocenters. The van der Waals surface area contributed by atoms with Crippen molar-refractivity contribution in [1.82, 2.24) is 19.9 Å². The summed E-state index contributed by atoms with van der Waals surface area (Å²) in [6, 6.07) is 11.1. The lowest BCUT2D eigenvalue weighted by molar-refractivity contribution is 0.0723. The molecule has 1 aromatic carbocycles. The fraction of sp³-hybridized carbons (Fsp3) is 0.300. The van der Waals surface area contributed by atoms with E-state index < -0.39 is 0 Å². The highest BCUT2D eigenvalue weighted by Crippen LogP contribution is 2.32. The van der Waals surface area contributed by atoms with Gasteiger partial charge >= 0.3 is 0 Å². The van der Waals surface area contributed by atoms with Crippen molar-refractivity contribution in [3.63, 3.8) is 0 Å². The number of carbonyl (C=O) groups excluding carboxylic acids is 1. The molecule has 1 amide bonds. The van der Waals surface area contributed by atoms with Crippen LogP contribution in [0.4, 0.5) is 0 Å². The first-order valence-electron chi connectivity index (χ1n) is 8.92. The molecule has 1 atom stereocenters. The highest BCUT2D eigenvalue weighted by Gasteiger charge is 2.34. The van der Waals surface area contributed by atoms with E-state index in [0.29, 0.717) is 35.6 Å². The minimum absolute atomic E-state index is 0.162. The van der Waals surface area contributed by atoms with Crippen molar-refractivity contribution >= 4 is 5.91 Å². The van der Waals surface area contributed by atoms with Crippen LogP contribution in [0.5, 0.6) is 11.6 Å². The van der Waals surface area contributed by atoms with Gasteiger partial charge in [0.15, 0.2) is 17.4 Å². The van der Waals surface area contributed by atoms with Gasteiger partial charge in [0, 0.05) is 25.2 Å². The van der Waals surface area contributed by atoms with E-state index in [1.807, 2.05) is 37.3 Å². The summed E-state index contributed by atoms with van der Waals surface area (Å²) in [6.45, 7) is 4.25. The van der Waals surface area contributed by atoms with E-state index in [-0.39, 0.29) is 11.9 Å². The fourth-order valence-corrected chi connectivity index (χ4v) is 3.26. The van der Waals surface area contributed by atoms with E-state index in [2.05, 4.69) is 15.0 Å². The molecule has 7 nitrogen and oxygen atoms in total. The Hall–Kier alpha value is -3.22. The van der Waals surface area contributed by atoms with E-state index in [0.717, 1.165) is 18.5 Å². The molecule has 7 heteroatoms. The number of amides is 1. The summed E-state index contributed by atoms with van der Waals surface area (Å²) in [4.78, 5) is 27.9. The molecule has 0 bridgehead atoms. The Bertz CT molecular complexity index is 955. The lowest BCUT2D eigenvalue weighted by Gasteiger charge is -2.23. The largest absolute Gasteiger partial charge is 0.448 e. The molecule has 0 radical (unpaired) electrons. The Morgan fingerprint density at radius 1 is 1.19 bits per heavy atom. The lowest BCUT2D eigenvalue weighted by atomic mass is 10.2. The first kappa shape index (κ1) is 17.2. The fourth-order valence-electron chi connectivity index (χ4n) is 3.26. The Morgan fingerprint density at radius 2 is 2.00 bits per heavy atom. The standard InChI is InChI=1S/C20H20N4O3/c1-13-11-18(27-15-7-4-3-5-8-15)23-19(21-13)17-9-6-10-24(17)20(25)16-12-26-14(2)22-16/h3-5,7-8,11-12,17H,6,9-10H2,1-2H3. The normalized spacial score (nSPS) is 16.5. The van der Waals surface area contributed by atoms with E-state index in [1.54, 1.807) is 17.9 Å². The van der Waals surface area contributed by atoms with Gasteiger partial charge < -0.3 is 14.1 Å². The van der Waals surface area contributed by atoms with Crippen LogP contribution < -0.4 is 4.74 Å². The topological polar surface area (TPSA) is 81.4 Å². The van der Waals surface area contributed by atoms with Gasteiger partial charge in [0.2, 0.25) is 5.88 Å².